The van der Waals surface area contributed by atoms with Crippen LogP contribution in [0.1, 0.15) is 39.8 Å². The van der Waals surface area contributed by atoms with E-state index in [1.54, 1.807) is 16.8 Å². The van der Waals surface area contributed by atoms with Crippen LogP contribution in [0.25, 0.3) is 22.5 Å². The Balaban J connectivity index is 0.000000707. The molecule has 1 aliphatic heterocycles. The molecule has 0 radical (unpaired) electrons. The Bertz CT molecular complexity index is 902. The van der Waals surface area contributed by atoms with Gasteiger partial charge in [0.15, 0.2) is 0 Å². The Morgan fingerprint density at radius 3 is 2.28 bits per heavy atom. The minimum atomic E-state index is -1.07. The molecule has 156 valence electrons. The molecule has 3 heterocycles. The smallest absolute Gasteiger partial charge is 0.123 e. The molecule has 3 aromatic rings. The number of nitrogens with one attached hydrogen (secondary N) is 1. The van der Waals surface area contributed by atoms with Gasteiger partial charge in [-0.1, -0.05) is 27.7 Å². The van der Waals surface area contributed by atoms with E-state index in [9.17, 15) is 9.50 Å². The maximum Gasteiger partial charge on any atom is 0.123 e. The normalized spacial score (nSPS) is 17.8. The lowest BCUT2D eigenvalue weighted by Gasteiger charge is -2.22. The second-order valence-electron chi connectivity index (χ2n) is 6.33. The van der Waals surface area contributed by atoms with E-state index >= 15 is 0 Å². The average Bonchev–Trinajstić information content (AvgIpc) is 3.40. The summed E-state index contributed by atoms with van der Waals surface area (Å²) in [5, 5.41) is 27.2. The number of halogens is 1. The molecule has 0 amide bonds. The summed E-state index contributed by atoms with van der Waals surface area (Å²) in [5.74, 6) is -0.301. The van der Waals surface area contributed by atoms with Gasteiger partial charge in [-0.2, -0.15) is 15.3 Å². The van der Waals surface area contributed by atoms with E-state index in [0.717, 1.165) is 23.4 Å². The number of hydrogen-bond donors (Lipinski definition) is 2. The molecule has 1 aromatic carbocycles. The lowest BCUT2D eigenvalue weighted by Crippen LogP contribution is -2.30. The van der Waals surface area contributed by atoms with Gasteiger partial charge >= 0.3 is 0 Å². The van der Waals surface area contributed by atoms with Gasteiger partial charge in [-0.15, -0.1) is 0 Å². The first-order valence-electron chi connectivity index (χ1n) is 10.1. The maximum atomic E-state index is 13.2. The molecular formula is C22H30FN5O. The van der Waals surface area contributed by atoms with Crippen LogP contribution in [0.5, 0.6) is 0 Å². The molecule has 29 heavy (non-hydrogen) atoms. The number of aryl methyl sites for hydroxylation is 1. The molecular weight excluding hydrogens is 369 g/mol. The lowest BCUT2D eigenvalue weighted by atomic mass is 9.92. The van der Waals surface area contributed by atoms with Crippen molar-refractivity contribution in [1.29, 1.82) is 0 Å². The second-order valence-corrected chi connectivity index (χ2v) is 6.33. The summed E-state index contributed by atoms with van der Waals surface area (Å²) in [5.41, 5.74) is 2.27. The lowest BCUT2D eigenvalue weighted by molar-refractivity contribution is 0.0538. The van der Waals surface area contributed by atoms with Crippen LogP contribution < -0.4 is 5.32 Å². The zero-order valence-corrected chi connectivity index (χ0v) is 17.8. The molecule has 2 aromatic heterocycles. The predicted octanol–water partition coefficient (Wildman–Crippen LogP) is 3.92. The monoisotopic (exact) mass is 399 g/mol. The number of benzene rings is 1. The molecule has 7 heteroatoms. The first-order chi connectivity index (χ1) is 14.0. The summed E-state index contributed by atoms with van der Waals surface area (Å²) >= 11 is 0. The van der Waals surface area contributed by atoms with Gasteiger partial charge < -0.3 is 10.4 Å². The fourth-order valence-electron chi connectivity index (χ4n) is 3.13. The summed E-state index contributed by atoms with van der Waals surface area (Å²) in [4.78, 5) is 0. The molecule has 1 saturated heterocycles. The van der Waals surface area contributed by atoms with Crippen LogP contribution in [0, 0.1) is 5.82 Å². The molecule has 1 unspecified atom stereocenters. The van der Waals surface area contributed by atoms with Crippen molar-refractivity contribution < 1.29 is 9.50 Å². The topological polar surface area (TPSA) is 75.9 Å². The number of aliphatic hydroxyl groups is 1. The summed E-state index contributed by atoms with van der Waals surface area (Å²) < 4.78 is 14.9. The van der Waals surface area contributed by atoms with E-state index in [1.165, 1.54) is 12.1 Å². The van der Waals surface area contributed by atoms with Crippen LogP contribution in [-0.2, 0) is 12.6 Å². The van der Waals surface area contributed by atoms with Crippen LogP contribution in [0.3, 0.4) is 0 Å². The van der Waals surface area contributed by atoms with Gasteiger partial charge in [0.2, 0.25) is 0 Å². The van der Waals surface area contributed by atoms with Crippen molar-refractivity contribution in [2.24, 2.45) is 7.05 Å². The minimum absolute atomic E-state index is 0.301. The number of hydrogen-bond acceptors (Lipinski definition) is 5. The van der Waals surface area contributed by atoms with Gasteiger partial charge in [-0.25, -0.2) is 4.39 Å². The number of rotatable bonds is 3. The number of nitrogens with zero attached hydrogens (tertiary/aromatic N) is 4. The van der Waals surface area contributed by atoms with E-state index < -0.39 is 5.60 Å². The molecule has 4 rings (SSSR count). The van der Waals surface area contributed by atoms with Gasteiger partial charge in [0.1, 0.15) is 17.1 Å². The van der Waals surface area contributed by atoms with Gasteiger partial charge in [0, 0.05) is 30.9 Å². The maximum absolute atomic E-state index is 13.2. The highest BCUT2D eigenvalue weighted by Gasteiger charge is 2.37. The SMILES string of the molecule is CC.CC.Cn1ccc(-c2cc(-c3ccc(F)cc3)nnc2C2(O)CCNC2)n1. The quantitative estimate of drug-likeness (QED) is 0.698. The summed E-state index contributed by atoms with van der Waals surface area (Å²) in [6.07, 6.45) is 2.41. The Kier molecular flexibility index (Phi) is 7.99. The molecule has 1 aliphatic rings. The van der Waals surface area contributed by atoms with E-state index in [0.29, 0.717) is 24.4 Å². The van der Waals surface area contributed by atoms with Crippen LogP contribution >= 0.6 is 0 Å². The van der Waals surface area contributed by atoms with E-state index in [4.69, 9.17) is 0 Å². The molecule has 0 aliphatic carbocycles. The van der Waals surface area contributed by atoms with Gasteiger partial charge in [-0.3, -0.25) is 4.68 Å². The molecule has 1 atom stereocenters. The van der Waals surface area contributed by atoms with Crippen molar-refractivity contribution in [2.45, 2.75) is 39.7 Å². The van der Waals surface area contributed by atoms with Crippen molar-refractivity contribution in [3.63, 3.8) is 0 Å². The number of aromatic nitrogens is 4. The van der Waals surface area contributed by atoms with E-state index in [1.807, 2.05) is 53.1 Å². The van der Waals surface area contributed by atoms with Crippen molar-refractivity contribution in [3.8, 4) is 22.5 Å². The van der Waals surface area contributed by atoms with Crippen molar-refractivity contribution in [1.82, 2.24) is 25.3 Å². The summed E-state index contributed by atoms with van der Waals surface area (Å²) in [6, 6.07) is 9.83. The number of β-amino-alcohol motifs (C(OH)–C–C–N with tert-alkyl or cyclic N) is 1. The van der Waals surface area contributed by atoms with Gasteiger partial charge in [-0.05, 0) is 49.4 Å². The first-order valence-corrected chi connectivity index (χ1v) is 10.1. The van der Waals surface area contributed by atoms with Crippen molar-refractivity contribution in [2.75, 3.05) is 13.1 Å². The van der Waals surface area contributed by atoms with Crippen LogP contribution in [0.4, 0.5) is 4.39 Å². The molecule has 0 bridgehead atoms. The molecule has 0 spiro atoms. The summed E-state index contributed by atoms with van der Waals surface area (Å²) in [7, 11) is 1.84. The average molecular weight is 400 g/mol. The molecule has 2 N–H and O–H groups in total. The Morgan fingerprint density at radius 2 is 1.72 bits per heavy atom. The predicted molar refractivity (Wildman–Crippen MR) is 114 cm³/mol. The third kappa shape index (κ3) is 5.05. The second kappa shape index (κ2) is 10.2. The Labute approximate surface area is 171 Å². The zero-order valence-electron chi connectivity index (χ0n) is 17.8. The third-order valence-corrected chi connectivity index (χ3v) is 4.50. The molecule has 1 fully saturated rings. The highest BCUT2D eigenvalue weighted by molar-refractivity contribution is 5.70. The van der Waals surface area contributed by atoms with E-state index in [-0.39, 0.29) is 5.82 Å². The van der Waals surface area contributed by atoms with Crippen molar-refractivity contribution in [3.05, 3.63) is 54.1 Å². The first kappa shape index (κ1) is 22.6. The fraction of sp³-hybridized carbons (Fsp3) is 0.409. The minimum Gasteiger partial charge on any atom is -0.382 e. The Morgan fingerprint density at radius 1 is 1.03 bits per heavy atom. The van der Waals surface area contributed by atoms with E-state index in [2.05, 4.69) is 20.6 Å². The molecule has 6 nitrogen and oxygen atoms in total. The molecule has 0 saturated carbocycles. The zero-order chi connectivity index (χ0) is 21.4. The summed E-state index contributed by atoms with van der Waals surface area (Å²) in [6.45, 7) is 9.15. The standard InChI is InChI=1S/C18H18FN5O.2C2H6/c1-24-9-6-15(23-24)14-10-16(12-2-4-13(19)5-3-12)21-22-17(14)18(25)7-8-20-11-18;2*1-2/h2-6,9-10,20,25H,7-8,11H2,1H3;2*1-2H3. The largest absolute Gasteiger partial charge is 0.382 e. The van der Waals surface area contributed by atoms with Crippen LogP contribution in [-0.4, -0.2) is 38.2 Å². The highest BCUT2D eigenvalue weighted by atomic mass is 19.1. The third-order valence-electron chi connectivity index (χ3n) is 4.50. The van der Waals surface area contributed by atoms with Gasteiger partial charge in [0.05, 0.1) is 11.4 Å². The fourth-order valence-corrected chi connectivity index (χ4v) is 3.13. The van der Waals surface area contributed by atoms with Crippen molar-refractivity contribution >= 4 is 0 Å². The highest BCUT2D eigenvalue weighted by Crippen LogP contribution is 2.35. The van der Waals surface area contributed by atoms with Crippen LogP contribution in [0.15, 0.2) is 42.6 Å². The van der Waals surface area contributed by atoms with Crippen LogP contribution in [0.2, 0.25) is 0 Å². The van der Waals surface area contributed by atoms with Gasteiger partial charge in [0.25, 0.3) is 0 Å². The Hall–Kier alpha value is -2.64.